The number of methoxy groups -OCH3 is 1. The van der Waals surface area contributed by atoms with Crippen molar-refractivity contribution in [2.24, 2.45) is 0 Å². The van der Waals surface area contributed by atoms with Crippen LogP contribution in [0.4, 0.5) is 0 Å². The van der Waals surface area contributed by atoms with E-state index in [1.54, 1.807) is 14.0 Å². The van der Waals surface area contributed by atoms with E-state index in [0.29, 0.717) is 36.7 Å². The molecule has 0 bridgehead atoms. The lowest BCUT2D eigenvalue weighted by Gasteiger charge is -2.07. The third kappa shape index (κ3) is 3.94. The largest absolute Gasteiger partial charge is 0.462 e. The molecule has 0 aliphatic carbocycles. The molecule has 0 spiro atoms. The molecule has 1 rings (SSSR count). The highest BCUT2D eigenvalue weighted by molar-refractivity contribution is 6.17. The van der Waals surface area contributed by atoms with Gasteiger partial charge < -0.3 is 9.47 Å². The molecule has 0 radical (unpaired) electrons. The molecule has 0 aliphatic heterocycles. The quantitative estimate of drug-likeness (QED) is 0.573. The van der Waals surface area contributed by atoms with Crippen LogP contribution in [-0.2, 0) is 21.8 Å². The van der Waals surface area contributed by atoms with Gasteiger partial charge in [0, 0.05) is 19.7 Å². The highest BCUT2D eigenvalue weighted by Gasteiger charge is 2.14. The van der Waals surface area contributed by atoms with Crippen LogP contribution in [0.25, 0.3) is 0 Å². The molecular weight excluding hydrogens is 244 g/mol. The van der Waals surface area contributed by atoms with Crippen molar-refractivity contribution in [3.8, 4) is 0 Å². The van der Waals surface area contributed by atoms with Crippen LogP contribution in [0.1, 0.15) is 28.8 Å². The van der Waals surface area contributed by atoms with E-state index in [-0.39, 0.29) is 5.88 Å². The summed E-state index contributed by atoms with van der Waals surface area (Å²) in [6.07, 6.45) is 2.04. The van der Waals surface area contributed by atoms with Crippen molar-refractivity contribution in [1.29, 1.82) is 0 Å². The van der Waals surface area contributed by atoms with Gasteiger partial charge in [-0.2, -0.15) is 0 Å². The van der Waals surface area contributed by atoms with Gasteiger partial charge in [-0.3, -0.25) is 0 Å². The summed E-state index contributed by atoms with van der Waals surface area (Å²) >= 11 is 5.75. The number of hydrogen-bond acceptors (Lipinski definition) is 5. The second-order valence-electron chi connectivity index (χ2n) is 3.24. The topological polar surface area (TPSA) is 61.3 Å². The Bertz CT molecular complexity index is 385. The lowest BCUT2D eigenvalue weighted by Crippen LogP contribution is -2.12. The van der Waals surface area contributed by atoms with E-state index in [1.807, 2.05) is 0 Å². The average molecular weight is 259 g/mol. The number of hydrogen-bond donors (Lipinski definition) is 0. The second kappa shape index (κ2) is 7.19. The van der Waals surface area contributed by atoms with Crippen LogP contribution < -0.4 is 0 Å². The Hall–Kier alpha value is -1.20. The first-order valence-corrected chi connectivity index (χ1v) is 5.83. The lowest BCUT2D eigenvalue weighted by atomic mass is 10.2. The maximum Gasteiger partial charge on any atom is 0.341 e. The van der Waals surface area contributed by atoms with Crippen LogP contribution in [0.3, 0.4) is 0 Å². The first-order valence-electron chi connectivity index (χ1n) is 5.29. The average Bonchev–Trinajstić information content (AvgIpc) is 2.36. The minimum Gasteiger partial charge on any atom is -0.462 e. The van der Waals surface area contributed by atoms with Gasteiger partial charge in [0.25, 0.3) is 0 Å². The summed E-state index contributed by atoms with van der Waals surface area (Å²) in [4.78, 5) is 19.8. The van der Waals surface area contributed by atoms with Crippen molar-refractivity contribution in [2.45, 2.75) is 19.2 Å². The van der Waals surface area contributed by atoms with Crippen molar-refractivity contribution in [1.82, 2.24) is 9.97 Å². The van der Waals surface area contributed by atoms with Gasteiger partial charge >= 0.3 is 5.97 Å². The van der Waals surface area contributed by atoms with Gasteiger partial charge in [-0.15, -0.1) is 11.6 Å². The number of rotatable bonds is 6. The number of carbonyl (C=O) groups is 1. The van der Waals surface area contributed by atoms with Crippen molar-refractivity contribution < 1.29 is 14.3 Å². The SMILES string of the molecule is CCOC(=O)c1cnc(CCOC)nc1CCl. The van der Waals surface area contributed by atoms with Crippen LogP contribution in [0.2, 0.25) is 0 Å². The van der Waals surface area contributed by atoms with Crippen molar-refractivity contribution in [3.63, 3.8) is 0 Å². The van der Waals surface area contributed by atoms with E-state index < -0.39 is 5.97 Å². The normalized spacial score (nSPS) is 10.3. The minimum absolute atomic E-state index is 0.149. The van der Waals surface area contributed by atoms with Gasteiger partial charge in [0.2, 0.25) is 0 Å². The summed E-state index contributed by atoms with van der Waals surface area (Å²) in [6.45, 7) is 2.58. The Labute approximate surface area is 105 Å². The molecule has 0 N–H and O–H groups in total. The fraction of sp³-hybridized carbons (Fsp3) is 0.545. The monoisotopic (exact) mass is 258 g/mol. The Morgan fingerprint density at radius 2 is 2.29 bits per heavy atom. The summed E-state index contributed by atoms with van der Waals surface area (Å²) in [7, 11) is 1.61. The number of halogens is 1. The summed E-state index contributed by atoms with van der Waals surface area (Å²) in [5.74, 6) is 0.313. The molecule has 0 atom stereocenters. The highest BCUT2D eigenvalue weighted by atomic mass is 35.5. The summed E-state index contributed by atoms with van der Waals surface area (Å²) < 4.78 is 9.82. The highest BCUT2D eigenvalue weighted by Crippen LogP contribution is 2.10. The van der Waals surface area contributed by atoms with Crippen LogP contribution in [0.15, 0.2) is 6.20 Å². The molecule has 0 saturated heterocycles. The second-order valence-corrected chi connectivity index (χ2v) is 3.51. The molecule has 1 aromatic rings. The zero-order chi connectivity index (χ0) is 12.7. The van der Waals surface area contributed by atoms with Crippen LogP contribution in [-0.4, -0.2) is 36.3 Å². The molecule has 0 saturated carbocycles. The standard InChI is InChI=1S/C11H15ClN2O3/c1-3-17-11(15)8-7-13-10(4-5-16-2)14-9(8)6-12/h7H,3-6H2,1-2H3. The molecule has 1 heterocycles. The Morgan fingerprint density at radius 3 is 2.88 bits per heavy atom. The van der Waals surface area contributed by atoms with Crippen LogP contribution >= 0.6 is 11.6 Å². The van der Waals surface area contributed by atoms with Crippen molar-refractivity contribution in [3.05, 3.63) is 23.3 Å². The molecule has 6 heteroatoms. The van der Waals surface area contributed by atoms with Crippen molar-refractivity contribution in [2.75, 3.05) is 20.3 Å². The van der Waals surface area contributed by atoms with Gasteiger partial charge in [-0.1, -0.05) is 0 Å². The molecule has 1 aromatic heterocycles. The van der Waals surface area contributed by atoms with E-state index in [0.717, 1.165) is 0 Å². The first kappa shape index (κ1) is 13.9. The van der Waals surface area contributed by atoms with Gasteiger partial charge in [0.05, 0.1) is 24.8 Å². The molecule has 5 nitrogen and oxygen atoms in total. The number of carbonyl (C=O) groups excluding carboxylic acids is 1. The molecule has 17 heavy (non-hydrogen) atoms. The Morgan fingerprint density at radius 1 is 1.53 bits per heavy atom. The van der Waals surface area contributed by atoms with Crippen LogP contribution in [0, 0.1) is 0 Å². The van der Waals surface area contributed by atoms with Gasteiger partial charge in [0.15, 0.2) is 0 Å². The third-order valence-corrected chi connectivity index (χ3v) is 2.32. The van der Waals surface area contributed by atoms with E-state index in [9.17, 15) is 4.79 Å². The number of nitrogens with zero attached hydrogens (tertiary/aromatic N) is 2. The summed E-state index contributed by atoms with van der Waals surface area (Å²) in [5.41, 5.74) is 0.814. The van der Waals surface area contributed by atoms with Gasteiger partial charge in [-0.25, -0.2) is 14.8 Å². The summed E-state index contributed by atoms with van der Waals surface area (Å²) in [6, 6.07) is 0. The Balaban J connectivity index is 2.88. The molecule has 0 aliphatic rings. The molecule has 0 unspecified atom stereocenters. The smallest absolute Gasteiger partial charge is 0.341 e. The van der Waals surface area contributed by atoms with E-state index in [2.05, 4.69) is 9.97 Å². The van der Waals surface area contributed by atoms with E-state index >= 15 is 0 Å². The fourth-order valence-corrected chi connectivity index (χ4v) is 1.46. The zero-order valence-electron chi connectivity index (χ0n) is 9.90. The predicted octanol–water partition coefficient (Wildman–Crippen LogP) is 1.58. The molecule has 0 amide bonds. The van der Waals surface area contributed by atoms with Gasteiger partial charge in [0.1, 0.15) is 11.4 Å². The zero-order valence-corrected chi connectivity index (χ0v) is 10.7. The number of alkyl halides is 1. The predicted molar refractivity (Wildman–Crippen MR) is 63.1 cm³/mol. The third-order valence-electron chi connectivity index (χ3n) is 2.07. The molecule has 94 valence electrons. The number of esters is 1. The number of aromatic nitrogens is 2. The first-order chi connectivity index (χ1) is 8.22. The summed E-state index contributed by atoms with van der Waals surface area (Å²) in [5, 5.41) is 0. The van der Waals surface area contributed by atoms with Crippen LogP contribution in [0.5, 0.6) is 0 Å². The molecular formula is C11H15ClN2O3. The molecule has 0 aromatic carbocycles. The maximum absolute atomic E-state index is 11.6. The number of ether oxygens (including phenoxy) is 2. The lowest BCUT2D eigenvalue weighted by molar-refractivity contribution is 0.0524. The van der Waals surface area contributed by atoms with Gasteiger partial charge in [-0.05, 0) is 6.92 Å². The Kier molecular flexibility index (Phi) is 5.86. The maximum atomic E-state index is 11.6. The fourth-order valence-electron chi connectivity index (χ4n) is 1.25. The molecule has 0 fully saturated rings. The van der Waals surface area contributed by atoms with E-state index in [4.69, 9.17) is 21.1 Å². The minimum atomic E-state index is -0.443. The van der Waals surface area contributed by atoms with Crippen molar-refractivity contribution >= 4 is 17.6 Å². The van der Waals surface area contributed by atoms with E-state index in [1.165, 1.54) is 6.20 Å².